The lowest BCUT2D eigenvalue weighted by Gasteiger charge is -2.02. The molecule has 0 fully saturated rings. The second-order valence-electron chi connectivity index (χ2n) is 5.42. The summed E-state index contributed by atoms with van der Waals surface area (Å²) < 4.78 is 30.3. The highest BCUT2D eigenvalue weighted by molar-refractivity contribution is 7.91. The minimum Gasteiger partial charge on any atom is -0.462 e. The Morgan fingerprint density at radius 3 is 2.35 bits per heavy atom. The Bertz CT molecular complexity index is 999. The molecule has 140 valence electrons. The lowest BCUT2D eigenvalue weighted by atomic mass is 10.2. The van der Waals surface area contributed by atoms with E-state index in [4.69, 9.17) is 4.74 Å². The number of hydrogen-bond donors (Lipinski definition) is 0. The Labute approximate surface area is 155 Å². The summed E-state index contributed by atoms with van der Waals surface area (Å²) in [5.74, 6) is -0.975. The van der Waals surface area contributed by atoms with Crippen LogP contribution in [0.25, 0.3) is 0 Å². The van der Waals surface area contributed by atoms with Crippen LogP contribution in [0.15, 0.2) is 34.2 Å². The van der Waals surface area contributed by atoms with E-state index < -0.39 is 21.7 Å². The zero-order valence-electron chi connectivity index (χ0n) is 15.0. The molecular weight excluding hydrogens is 376 g/mol. The van der Waals surface area contributed by atoms with Crippen molar-refractivity contribution >= 4 is 33.1 Å². The summed E-state index contributed by atoms with van der Waals surface area (Å²) in [6, 6.07) is 5.65. The van der Waals surface area contributed by atoms with Crippen LogP contribution in [-0.4, -0.2) is 37.2 Å². The molecule has 0 radical (unpaired) electrons. The number of aromatic nitrogens is 1. The minimum atomic E-state index is -3.32. The van der Waals surface area contributed by atoms with Crippen molar-refractivity contribution in [1.29, 1.82) is 0 Å². The zero-order valence-corrected chi connectivity index (χ0v) is 16.6. The van der Waals surface area contributed by atoms with Gasteiger partial charge in [0.2, 0.25) is 0 Å². The maximum absolute atomic E-state index is 12.4. The highest BCUT2D eigenvalue weighted by Gasteiger charge is 2.17. The summed E-state index contributed by atoms with van der Waals surface area (Å²) in [6.45, 7) is 5.29. The largest absolute Gasteiger partial charge is 0.462 e. The van der Waals surface area contributed by atoms with Crippen molar-refractivity contribution < 1.29 is 22.7 Å². The van der Waals surface area contributed by atoms with E-state index >= 15 is 0 Å². The van der Waals surface area contributed by atoms with Crippen LogP contribution in [0.2, 0.25) is 0 Å². The summed E-state index contributed by atoms with van der Waals surface area (Å²) in [5.41, 5.74) is 0.924. The van der Waals surface area contributed by atoms with Gasteiger partial charge >= 0.3 is 5.97 Å². The molecule has 26 heavy (non-hydrogen) atoms. The molecule has 1 aromatic heterocycles. The molecule has 2 rings (SSSR count). The van der Waals surface area contributed by atoms with E-state index in [1.807, 2.05) is 0 Å². The highest BCUT2D eigenvalue weighted by atomic mass is 32.2. The number of hydrogen-bond acceptors (Lipinski definition) is 6. The molecular formula is C17H20N2O5S2. The predicted molar refractivity (Wildman–Crippen MR) is 98.0 cm³/mol. The summed E-state index contributed by atoms with van der Waals surface area (Å²) in [4.78, 5) is 29.3. The molecule has 0 N–H and O–H groups in total. The summed E-state index contributed by atoms with van der Waals surface area (Å²) in [5, 5.41) is 0. The van der Waals surface area contributed by atoms with Gasteiger partial charge in [0.15, 0.2) is 14.6 Å². The number of carbonyl (C=O) groups excluding carboxylic acids is 2. The van der Waals surface area contributed by atoms with Gasteiger partial charge in [0.1, 0.15) is 4.88 Å². The third-order valence-electron chi connectivity index (χ3n) is 3.81. The van der Waals surface area contributed by atoms with Gasteiger partial charge in [-0.15, -0.1) is 0 Å². The third-order valence-corrected chi connectivity index (χ3v) is 6.77. The average molecular weight is 396 g/mol. The standard InChI is InChI=1S/C17H20N2O5S2/c1-5-24-16(21)14-11(3)19(4)17(25-14)18-15(20)12-7-9-13(10-8-12)26(22,23)6-2/h7-10H,5-6H2,1-4H3. The number of sulfone groups is 1. The van der Waals surface area contributed by atoms with E-state index in [2.05, 4.69) is 4.99 Å². The SMILES string of the molecule is CCOC(=O)c1sc(=NC(=O)c2ccc(S(=O)(=O)CC)cc2)n(C)c1C. The van der Waals surface area contributed by atoms with Crippen LogP contribution in [0.5, 0.6) is 0 Å². The van der Waals surface area contributed by atoms with Gasteiger partial charge in [0, 0.05) is 18.3 Å². The van der Waals surface area contributed by atoms with Crippen LogP contribution in [-0.2, 0) is 21.6 Å². The Kier molecular flexibility index (Phi) is 6.14. The van der Waals surface area contributed by atoms with Gasteiger partial charge in [-0.2, -0.15) is 4.99 Å². The molecule has 2 aromatic rings. The van der Waals surface area contributed by atoms with Crippen LogP contribution in [0, 0.1) is 6.92 Å². The molecule has 0 unspecified atom stereocenters. The van der Waals surface area contributed by atoms with Crippen molar-refractivity contribution in [2.45, 2.75) is 25.7 Å². The zero-order chi connectivity index (χ0) is 19.5. The van der Waals surface area contributed by atoms with Crippen molar-refractivity contribution in [3.8, 4) is 0 Å². The van der Waals surface area contributed by atoms with Crippen LogP contribution >= 0.6 is 11.3 Å². The molecule has 9 heteroatoms. The number of amides is 1. The van der Waals surface area contributed by atoms with E-state index in [0.717, 1.165) is 11.3 Å². The molecule has 0 aliphatic heterocycles. The lowest BCUT2D eigenvalue weighted by molar-refractivity contribution is 0.0530. The summed E-state index contributed by atoms with van der Waals surface area (Å²) >= 11 is 1.07. The van der Waals surface area contributed by atoms with E-state index in [1.54, 1.807) is 32.4 Å². The van der Waals surface area contributed by atoms with E-state index in [-0.39, 0.29) is 22.8 Å². The quantitative estimate of drug-likeness (QED) is 0.722. The van der Waals surface area contributed by atoms with Gasteiger partial charge in [0.05, 0.1) is 17.3 Å². The fraction of sp³-hybridized carbons (Fsp3) is 0.353. The number of benzene rings is 1. The summed E-state index contributed by atoms with van der Waals surface area (Å²) in [6.07, 6.45) is 0. The third kappa shape index (κ3) is 4.10. The average Bonchev–Trinajstić information content (AvgIpc) is 2.90. The first kappa shape index (κ1) is 20.1. The minimum absolute atomic E-state index is 0.00832. The van der Waals surface area contributed by atoms with Gasteiger partial charge in [-0.25, -0.2) is 13.2 Å². The Morgan fingerprint density at radius 2 is 1.81 bits per heavy atom. The Balaban J connectivity index is 2.37. The second-order valence-corrected chi connectivity index (χ2v) is 8.68. The van der Waals surface area contributed by atoms with Gasteiger partial charge < -0.3 is 9.30 Å². The monoisotopic (exact) mass is 396 g/mol. The van der Waals surface area contributed by atoms with Crippen molar-refractivity contribution in [3.63, 3.8) is 0 Å². The first-order chi connectivity index (χ1) is 12.2. The van der Waals surface area contributed by atoms with Crippen LogP contribution < -0.4 is 4.80 Å². The maximum atomic E-state index is 12.4. The smallest absolute Gasteiger partial charge is 0.350 e. The molecule has 7 nitrogen and oxygen atoms in total. The molecule has 1 aromatic carbocycles. The molecule has 1 amide bonds. The number of thiazole rings is 1. The van der Waals surface area contributed by atoms with Crippen molar-refractivity contribution in [3.05, 3.63) is 45.2 Å². The lowest BCUT2D eigenvalue weighted by Crippen LogP contribution is -2.14. The van der Waals surface area contributed by atoms with Crippen molar-refractivity contribution in [2.75, 3.05) is 12.4 Å². The molecule has 0 aliphatic rings. The number of nitrogens with zero attached hydrogens (tertiary/aromatic N) is 2. The predicted octanol–water partition coefficient (Wildman–Crippen LogP) is 2.11. The number of esters is 1. The molecule has 0 bridgehead atoms. The van der Waals surface area contributed by atoms with Crippen LogP contribution in [0.3, 0.4) is 0 Å². The molecule has 0 saturated heterocycles. The van der Waals surface area contributed by atoms with Gasteiger partial charge in [-0.1, -0.05) is 18.3 Å². The number of carbonyl (C=O) groups is 2. The van der Waals surface area contributed by atoms with Crippen molar-refractivity contribution in [2.24, 2.45) is 12.0 Å². The first-order valence-electron chi connectivity index (χ1n) is 7.96. The first-order valence-corrected chi connectivity index (χ1v) is 10.4. The molecule has 0 aliphatic carbocycles. The Hall–Kier alpha value is -2.26. The number of ether oxygens (including phenoxy) is 1. The van der Waals surface area contributed by atoms with Crippen LogP contribution in [0.1, 0.15) is 39.6 Å². The topological polar surface area (TPSA) is 94.8 Å². The fourth-order valence-electron chi connectivity index (χ4n) is 2.14. The van der Waals surface area contributed by atoms with Gasteiger partial charge in [0.25, 0.3) is 5.91 Å². The van der Waals surface area contributed by atoms with E-state index in [1.165, 1.54) is 24.3 Å². The fourth-order valence-corrected chi connectivity index (χ4v) is 4.03. The van der Waals surface area contributed by atoms with Gasteiger partial charge in [-0.3, -0.25) is 4.79 Å². The summed E-state index contributed by atoms with van der Waals surface area (Å²) in [7, 11) is -1.61. The van der Waals surface area contributed by atoms with E-state index in [0.29, 0.717) is 15.4 Å². The molecule has 0 atom stereocenters. The second kappa shape index (κ2) is 7.96. The highest BCUT2D eigenvalue weighted by Crippen LogP contribution is 2.14. The number of rotatable bonds is 5. The maximum Gasteiger partial charge on any atom is 0.350 e. The Morgan fingerprint density at radius 1 is 1.19 bits per heavy atom. The molecule has 1 heterocycles. The van der Waals surface area contributed by atoms with Crippen molar-refractivity contribution in [1.82, 2.24) is 4.57 Å². The molecule has 0 saturated carbocycles. The van der Waals surface area contributed by atoms with Gasteiger partial charge in [-0.05, 0) is 38.1 Å². The normalized spacial score (nSPS) is 12.2. The van der Waals surface area contributed by atoms with E-state index in [9.17, 15) is 18.0 Å². The molecule has 0 spiro atoms. The van der Waals surface area contributed by atoms with Crippen LogP contribution in [0.4, 0.5) is 0 Å².